The first kappa shape index (κ1) is 23.7. The summed E-state index contributed by atoms with van der Waals surface area (Å²) < 4.78 is 86.2. The Hall–Kier alpha value is -3.57. The van der Waals surface area contributed by atoms with Crippen LogP contribution in [0.25, 0.3) is 0 Å². The van der Waals surface area contributed by atoms with Crippen LogP contribution in [0.15, 0.2) is 42.5 Å². The summed E-state index contributed by atoms with van der Waals surface area (Å²) in [4.78, 5) is 35.3. The highest BCUT2D eigenvalue weighted by Gasteiger charge is 2.37. The molecule has 0 aromatic heterocycles. The van der Waals surface area contributed by atoms with E-state index in [1.165, 1.54) is 24.3 Å². The number of rotatable bonds is 5. The predicted molar refractivity (Wildman–Crippen MR) is 93.1 cm³/mol. The van der Waals surface area contributed by atoms with Gasteiger partial charge < -0.3 is 14.8 Å². The standard InChI is InChI=1S/C19H13F6NO5/c1-30-16(28)10-3-2-4-14(7-10)26-15(27)9-31-17(29)11-5-12(18(20,21)22)8-13(6-11)19(23,24)25/h2-8H,9H2,1H3,(H,26,27). The number of methoxy groups -OCH3 is 1. The van der Waals surface area contributed by atoms with E-state index in [4.69, 9.17) is 0 Å². The van der Waals surface area contributed by atoms with Crippen LogP contribution in [0, 0.1) is 0 Å². The highest BCUT2D eigenvalue weighted by molar-refractivity contribution is 5.97. The number of hydrogen-bond acceptors (Lipinski definition) is 5. The predicted octanol–water partition coefficient (Wildman–Crippen LogP) is 4.31. The molecule has 0 aliphatic heterocycles. The summed E-state index contributed by atoms with van der Waals surface area (Å²) >= 11 is 0. The van der Waals surface area contributed by atoms with Crippen LogP contribution in [0.5, 0.6) is 0 Å². The number of benzene rings is 2. The average molecular weight is 449 g/mol. The SMILES string of the molecule is COC(=O)c1cccc(NC(=O)COC(=O)c2cc(C(F)(F)F)cc(C(F)(F)F)c2)c1. The van der Waals surface area contributed by atoms with E-state index in [1.807, 2.05) is 0 Å². The molecule has 0 radical (unpaired) electrons. The van der Waals surface area contributed by atoms with Crippen LogP contribution >= 0.6 is 0 Å². The topological polar surface area (TPSA) is 81.7 Å². The fourth-order valence-corrected chi connectivity index (χ4v) is 2.33. The minimum Gasteiger partial charge on any atom is -0.465 e. The molecule has 12 heteroatoms. The maximum atomic E-state index is 12.9. The molecule has 0 atom stereocenters. The molecular formula is C19H13F6NO5. The molecule has 2 aromatic rings. The van der Waals surface area contributed by atoms with E-state index in [0.717, 1.165) is 7.11 Å². The van der Waals surface area contributed by atoms with Gasteiger partial charge in [0.2, 0.25) is 0 Å². The van der Waals surface area contributed by atoms with Gasteiger partial charge in [-0.1, -0.05) is 6.07 Å². The number of alkyl halides is 6. The van der Waals surface area contributed by atoms with E-state index in [9.17, 15) is 40.7 Å². The molecular weight excluding hydrogens is 436 g/mol. The van der Waals surface area contributed by atoms with Gasteiger partial charge in [-0.25, -0.2) is 9.59 Å². The van der Waals surface area contributed by atoms with Crippen molar-refractivity contribution in [3.63, 3.8) is 0 Å². The zero-order valence-corrected chi connectivity index (χ0v) is 15.6. The molecule has 31 heavy (non-hydrogen) atoms. The van der Waals surface area contributed by atoms with E-state index in [1.54, 1.807) is 0 Å². The Kier molecular flexibility index (Phi) is 6.93. The molecule has 0 aliphatic carbocycles. The summed E-state index contributed by atoms with van der Waals surface area (Å²) in [6.45, 7) is -1.00. The number of nitrogens with one attached hydrogen (secondary N) is 1. The summed E-state index contributed by atoms with van der Waals surface area (Å²) in [5.74, 6) is -3.19. The van der Waals surface area contributed by atoms with Gasteiger partial charge in [0.15, 0.2) is 6.61 Å². The minimum absolute atomic E-state index is 0.0981. The molecule has 2 rings (SSSR count). The van der Waals surface area contributed by atoms with Crippen LogP contribution in [-0.2, 0) is 26.6 Å². The first-order valence-corrected chi connectivity index (χ1v) is 8.26. The molecule has 0 saturated heterocycles. The van der Waals surface area contributed by atoms with Gasteiger partial charge in [0.1, 0.15) is 0 Å². The van der Waals surface area contributed by atoms with Gasteiger partial charge in [-0.15, -0.1) is 0 Å². The number of amides is 1. The van der Waals surface area contributed by atoms with Crippen LogP contribution in [-0.4, -0.2) is 31.6 Å². The smallest absolute Gasteiger partial charge is 0.416 e. The maximum Gasteiger partial charge on any atom is 0.416 e. The normalized spacial score (nSPS) is 11.6. The zero-order valence-electron chi connectivity index (χ0n) is 15.6. The van der Waals surface area contributed by atoms with Crippen molar-refractivity contribution in [2.24, 2.45) is 0 Å². The number of halogens is 6. The van der Waals surface area contributed by atoms with Crippen molar-refractivity contribution in [2.45, 2.75) is 12.4 Å². The fraction of sp³-hybridized carbons (Fsp3) is 0.211. The summed E-state index contributed by atoms with van der Waals surface area (Å²) in [6, 6.07) is 5.67. The fourth-order valence-electron chi connectivity index (χ4n) is 2.33. The van der Waals surface area contributed by atoms with E-state index >= 15 is 0 Å². The monoisotopic (exact) mass is 449 g/mol. The van der Waals surface area contributed by atoms with Crippen molar-refractivity contribution in [3.05, 3.63) is 64.7 Å². The van der Waals surface area contributed by atoms with E-state index in [-0.39, 0.29) is 29.4 Å². The Balaban J connectivity index is 2.12. The molecule has 0 heterocycles. The summed E-state index contributed by atoms with van der Waals surface area (Å²) in [6.07, 6.45) is -10.3. The number of esters is 2. The largest absolute Gasteiger partial charge is 0.465 e. The van der Waals surface area contributed by atoms with Crippen LogP contribution in [0.3, 0.4) is 0 Å². The summed E-state index contributed by atoms with van der Waals surface area (Å²) in [5, 5.41) is 2.26. The highest BCUT2D eigenvalue weighted by atomic mass is 19.4. The van der Waals surface area contributed by atoms with Gasteiger partial charge in [-0.05, 0) is 36.4 Å². The third-order valence-electron chi connectivity index (χ3n) is 3.73. The summed E-state index contributed by atoms with van der Waals surface area (Å²) in [5.41, 5.74) is -4.21. The van der Waals surface area contributed by atoms with Gasteiger partial charge in [-0.3, -0.25) is 4.79 Å². The van der Waals surface area contributed by atoms with Crippen LogP contribution in [0.1, 0.15) is 31.8 Å². The third-order valence-corrected chi connectivity index (χ3v) is 3.73. The molecule has 1 amide bonds. The second-order valence-corrected chi connectivity index (χ2v) is 5.99. The second-order valence-electron chi connectivity index (χ2n) is 5.99. The van der Waals surface area contributed by atoms with Crippen molar-refractivity contribution in [1.29, 1.82) is 0 Å². The van der Waals surface area contributed by atoms with Crippen molar-refractivity contribution in [1.82, 2.24) is 0 Å². The molecule has 0 fully saturated rings. The van der Waals surface area contributed by atoms with Crippen molar-refractivity contribution in [2.75, 3.05) is 19.0 Å². The van der Waals surface area contributed by atoms with Crippen LogP contribution in [0.4, 0.5) is 32.0 Å². The minimum atomic E-state index is -5.14. The van der Waals surface area contributed by atoms with Gasteiger partial charge in [0, 0.05) is 5.69 Å². The lowest BCUT2D eigenvalue weighted by Crippen LogP contribution is -2.22. The first-order chi connectivity index (χ1) is 14.3. The molecule has 0 bridgehead atoms. The highest BCUT2D eigenvalue weighted by Crippen LogP contribution is 2.36. The zero-order chi connectivity index (χ0) is 23.4. The quantitative estimate of drug-likeness (QED) is 0.544. The van der Waals surface area contributed by atoms with Gasteiger partial charge in [0.05, 0.1) is 29.4 Å². The van der Waals surface area contributed by atoms with E-state index < -0.39 is 53.5 Å². The molecule has 0 aliphatic rings. The first-order valence-electron chi connectivity index (χ1n) is 8.26. The van der Waals surface area contributed by atoms with Crippen molar-refractivity contribution < 1.29 is 50.2 Å². The summed E-state index contributed by atoms with van der Waals surface area (Å²) in [7, 11) is 1.14. The molecule has 0 spiro atoms. The Morgan fingerprint density at radius 1 is 0.839 bits per heavy atom. The Labute approximate surface area is 170 Å². The van der Waals surface area contributed by atoms with Gasteiger partial charge in [-0.2, -0.15) is 26.3 Å². The number of ether oxygens (including phenoxy) is 2. The van der Waals surface area contributed by atoms with Crippen LogP contribution in [0.2, 0.25) is 0 Å². The van der Waals surface area contributed by atoms with Crippen molar-refractivity contribution >= 4 is 23.5 Å². The number of carbonyl (C=O) groups is 3. The number of anilines is 1. The van der Waals surface area contributed by atoms with Crippen molar-refractivity contribution in [3.8, 4) is 0 Å². The molecule has 0 unspecified atom stereocenters. The molecule has 0 saturated carbocycles. The molecule has 166 valence electrons. The number of carbonyl (C=O) groups excluding carboxylic acids is 3. The van der Waals surface area contributed by atoms with Crippen LogP contribution < -0.4 is 5.32 Å². The Bertz CT molecular complexity index is 968. The van der Waals surface area contributed by atoms with E-state index in [0.29, 0.717) is 0 Å². The molecule has 2 aromatic carbocycles. The lowest BCUT2D eigenvalue weighted by Gasteiger charge is -2.14. The second kappa shape index (κ2) is 9.06. The van der Waals surface area contributed by atoms with Gasteiger partial charge >= 0.3 is 24.3 Å². The molecule has 6 nitrogen and oxygen atoms in total. The number of hydrogen-bond donors (Lipinski definition) is 1. The van der Waals surface area contributed by atoms with E-state index in [2.05, 4.69) is 14.8 Å². The average Bonchev–Trinajstić information content (AvgIpc) is 2.70. The van der Waals surface area contributed by atoms with Gasteiger partial charge in [0.25, 0.3) is 5.91 Å². The maximum absolute atomic E-state index is 12.9. The third kappa shape index (κ3) is 6.46. The Morgan fingerprint density at radius 3 is 1.94 bits per heavy atom. The molecule has 1 N–H and O–H groups in total. The Morgan fingerprint density at radius 2 is 1.42 bits per heavy atom. The lowest BCUT2D eigenvalue weighted by molar-refractivity contribution is -0.143. The lowest BCUT2D eigenvalue weighted by atomic mass is 10.0.